The molecule has 2 aromatic rings. The van der Waals surface area contributed by atoms with Crippen molar-refractivity contribution in [3.63, 3.8) is 0 Å². The molecule has 1 heterocycles. The normalized spacial score (nSPS) is 10.3. The molecule has 1 aromatic heterocycles. The van der Waals surface area contributed by atoms with Gasteiger partial charge in [-0.15, -0.1) is 0 Å². The number of anilines is 1. The van der Waals surface area contributed by atoms with E-state index in [1.54, 1.807) is 13.3 Å². The molecule has 4 nitrogen and oxygen atoms in total. The third kappa shape index (κ3) is 3.45. The molecule has 0 aliphatic heterocycles. The van der Waals surface area contributed by atoms with Crippen LogP contribution in [0.25, 0.3) is 0 Å². The lowest BCUT2D eigenvalue weighted by Crippen LogP contribution is -2.17. The fourth-order valence-electron chi connectivity index (χ4n) is 1.82. The van der Waals surface area contributed by atoms with Gasteiger partial charge in [0, 0.05) is 19.8 Å². The molecule has 0 atom stereocenters. The van der Waals surface area contributed by atoms with Crippen LogP contribution in [0.4, 0.5) is 5.82 Å². The van der Waals surface area contributed by atoms with Gasteiger partial charge in [0.25, 0.3) is 0 Å². The number of aliphatic hydroxyl groups excluding tert-OH is 1. The third-order valence-corrected chi connectivity index (χ3v) is 2.96. The number of rotatable bonds is 5. The van der Waals surface area contributed by atoms with Crippen molar-refractivity contribution in [2.45, 2.75) is 13.2 Å². The molecular formula is C15H18N2O2. The standard InChI is InChI=1S/C15H18N2O2/c1-17(15-8-5-13(11-18)9-16-15)10-12-3-6-14(19-2)7-4-12/h3-9,18H,10-11H2,1-2H3. The van der Waals surface area contributed by atoms with Crippen LogP contribution in [-0.4, -0.2) is 24.2 Å². The molecule has 0 unspecified atom stereocenters. The lowest BCUT2D eigenvalue weighted by atomic mass is 10.2. The molecule has 0 bridgehead atoms. The summed E-state index contributed by atoms with van der Waals surface area (Å²) < 4.78 is 5.13. The average molecular weight is 258 g/mol. The van der Waals surface area contributed by atoms with Crippen molar-refractivity contribution in [2.75, 3.05) is 19.1 Å². The molecule has 0 spiro atoms. The zero-order chi connectivity index (χ0) is 13.7. The van der Waals surface area contributed by atoms with Crippen LogP contribution in [-0.2, 0) is 13.2 Å². The molecule has 4 heteroatoms. The zero-order valence-electron chi connectivity index (χ0n) is 11.2. The molecule has 19 heavy (non-hydrogen) atoms. The fraction of sp³-hybridized carbons (Fsp3) is 0.267. The average Bonchev–Trinajstić information content (AvgIpc) is 2.48. The van der Waals surface area contributed by atoms with E-state index in [-0.39, 0.29) is 6.61 Å². The van der Waals surface area contributed by atoms with Crippen LogP contribution < -0.4 is 9.64 Å². The predicted octanol–water partition coefficient (Wildman–Crippen LogP) is 2.22. The number of benzene rings is 1. The van der Waals surface area contributed by atoms with Gasteiger partial charge in [-0.3, -0.25) is 0 Å². The van der Waals surface area contributed by atoms with Gasteiger partial charge >= 0.3 is 0 Å². The zero-order valence-corrected chi connectivity index (χ0v) is 11.2. The van der Waals surface area contributed by atoms with E-state index < -0.39 is 0 Å². The van der Waals surface area contributed by atoms with Crippen molar-refractivity contribution in [2.24, 2.45) is 0 Å². The van der Waals surface area contributed by atoms with Crippen molar-refractivity contribution in [3.8, 4) is 5.75 Å². The summed E-state index contributed by atoms with van der Waals surface area (Å²) in [6, 6.07) is 11.8. The van der Waals surface area contributed by atoms with Gasteiger partial charge in [-0.1, -0.05) is 18.2 Å². The van der Waals surface area contributed by atoms with Crippen LogP contribution in [0.3, 0.4) is 0 Å². The van der Waals surface area contributed by atoms with Crippen molar-refractivity contribution in [1.29, 1.82) is 0 Å². The molecule has 1 aromatic carbocycles. The maximum Gasteiger partial charge on any atom is 0.128 e. The number of aliphatic hydroxyl groups is 1. The number of hydrogen-bond acceptors (Lipinski definition) is 4. The quantitative estimate of drug-likeness (QED) is 0.893. The highest BCUT2D eigenvalue weighted by atomic mass is 16.5. The topological polar surface area (TPSA) is 45.6 Å². The Morgan fingerprint density at radius 3 is 2.32 bits per heavy atom. The van der Waals surface area contributed by atoms with Crippen molar-refractivity contribution < 1.29 is 9.84 Å². The van der Waals surface area contributed by atoms with E-state index in [1.807, 2.05) is 43.4 Å². The summed E-state index contributed by atoms with van der Waals surface area (Å²) in [5.74, 6) is 1.74. The highest BCUT2D eigenvalue weighted by Gasteiger charge is 2.04. The highest BCUT2D eigenvalue weighted by molar-refractivity contribution is 5.40. The summed E-state index contributed by atoms with van der Waals surface area (Å²) in [6.45, 7) is 0.797. The minimum atomic E-state index is 0.0233. The van der Waals surface area contributed by atoms with Gasteiger partial charge in [0.15, 0.2) is 0 Å². The van der Waals surface area contributed by atoms with Gasteiger partial charge in [0.05, 0.1) is 13.7 Å². The first-order valence-corrected chi connectivity index (χ1v) is 6.13. The van der Waals surface area contributed by atoms with Crippen LogP contribution in [0.1, 0.15) is 11.1 Å². The monoisotopic (exact) mass is 258 g/mol. The second-order valence-electron chi connectivity index (χ2n) is 4.39. The van der Waals surface area contributed by atoms with E-state index in [1.165, 1.54) is 5.56 Å². The molecule has 0 saturated heterocycles. The molecule has 0 aliphatic rings. The Morgan fingerprint density at radius 2 is 1.79 bits per heavy atom. The molecule has 0 aliphatic carbocycles. The van der Waals surface area contributed by atoms with Gasteiger partial charge < -0.3 is 14.7 Å². The van der Waals surface area contributed by atoms with Gasteiger partial charge in [0.1, 0.15) is 11.6 Å². The summed E-state index contributed by atoms with van der Waals surface area (Å²) >= 11 is 0. The SMILES string of the molecule is COc1ccc(CN(C)c2ccc(CO)cn2)cc1. The summed E-state index contributed by atoms with van der Waals surface area (Å²) in [7, 11) is 3.65. The predicted molar refractivity (Wildman–Crippen MR) is 75.3 cm³/mol. The largest absolute Gasteiger partial charge is 0.497 e. The number of ether oxygens (including phenoxy) is 1. The van der Waals surface area contributed by atoms with E-state index in [2.05, 4.69) is 9.88 Å². The van der Waals surface area contributed by atoms with Crippen LogP contribution in [0.2, 0.25) is 0 Å². The van der Waals surface area contributed by atoms with E-state index >= 15 is 0 Å². The Morgan fingerprint density at radius 1 is 1.11 bits per heavy atom. The van der Waals surface area contributed by atoms with Gasteiger partial charge in [-0.25, -0.2) is 4.98 Å². The maximum atomic E-state index is 8.99. The lowest BCUT2D eigenvalue weighted by molar-refractivity contribution is 0.281. The number of pyridine rings is 1. The van der Waals surface area contributed by atoms with E-state index in [4.69, 9.17) is 9.84 Å². The van der Waals surface area contributed by atoms with Crippen LogP contribution in [0.15, 0.2) is 42.6 Å². The Labute approximate surface area is 113 Å². The smallest absolute Gasteiger partial charge is 0.128 e. The van der Waals surface area contributed by atoms with E-state index in [9.17, 15) is 0 Å². The minimum absolute atomic E-state index is 0.0233. The molecule has 0 amide bonds. The lowest BCUT2D eigenvalue weighted by Gasteiger charge is -2.18. The fourth-order valence-corrected chi connectivity index (χ4v) is 1.82. The molecule has 100 valence electrons. The van der Waals surface area contributed by atoms with E-state index in [0.29, 0.717) is 0 Å². The summed E-state index contributed by atoms with van der Waals surface area (Å²) in [6.07, 6.45) is 1.69. The molecule has 0 saturated carbocycles. The van der Waals surface area contributed by atoms with Crippen molar-refractivity contribution in [1.82, 2.24) is 4.98 Å². The third-order valence-electron chi connectivity index (χ3n) is 2.96. The number of nitrogens with zero attached hydrogens (tertiary/aromatic N) is 2. The first kappa shape index (κ1) is 13.4. The van der Waals surface area contributed by atoms with Crippen LogP contribution >= 0.6 is 0 Å². The second-order valence-corrected chi connectivity index (χ2v) is 4.39. The Hall–Kier alpha value is -2.07. The van der Waals surface area contributed by atoms with Gasteiger partial charge in [-0.05, 0) is 29.3 Å². The Kier molecular flexibility index (Phi) is 4.36. The summed E-state index contributed by atoms with van der Waals surface area (Å²) in [5.41, 5.74) is 2.01. The van der Waals surface area contributed by atoms with Gasteiger partial charge in [0.2, 0.25) is 0 Å². The Balaban J connectivity index is 2.04. The minimum Gasteiger partial charge on any atom is -0.497 e. The summed E-state index contributed by atoms with van der Waals surface area (Å²) in [5, 5.41) is 8.99. The molecule has 1 N–H and O–H groups in total. The van der Waals surface area contributed by atoms with Crippen LogP contribution in [0, 0.1) is 0 Å². The van der Waals surface area contributed by atoms with Crippen molar-refractivity contribution >= 4 is 5.82 Å². The molecule has 2 rings (SSSR count). The summed E-state index contributed by atoms with van der Waals surface area (Å²) in [4.78, 5) is 6.38. The Bertz CT molecular complexity index is 509. The molecular weight excluding hydrogens is 240 g/mol. The number of hydrogen-bond donors (Lipinski definition) is 1. The second kappa shape index (κ2) is 6.20. The van der Waals surface area contributed by atoms with E-state index in [0.717, 1.165) is 23.7 Å². The first-order chi connectivity index (χ1) is 9.22. The van der Waals surface area contributed by atoms with Gasteiger partial charge in [-0.2, -0.15) is 0 Å². The molecule has 0 radical (unpaired) electrons. The number of methoxy groups -OCH3 is 1. The van der Waals surface area contributed by atoms with Crippen molar-refractivity contribution in [3.05, 3.63) is 53.7 Å². The molecule has 0 fully saturated rings. The maximum absolute atomic E-state index is 8.99. The first-order valence-electron chi connectivity index (χ1n) is 6.13. The number of aromatic nitrogens is 1. The van der Waals surface area contributed by atoms with Crippen LogP contribution in [0.5, 0.6) is 5.75 Å². The highest BCUT2D eigenvalue weighted by Crippen LogP contribution is 2.16.